The summed E-state index contributed by atoms with van der Waals surface area (Å²) < 4.78 is 5.62. The Bertz CT molecular complexity index is 150. The summed E-state index contributed by atoms with van der Waals surface area (Å²) in [6, 6.07) is 0. The van der Waals surface area contributed by atoms with Crippen LogP contribution in [0.4, 0.5) is 0 Å². The third-order valence-electron chi connectivity index (χ3n) is 2.89. The van der Waals surface area contributed by atoms with Crippen LogP contribution in [-0.2, 0) is 4.74 Å². The Morgan fingerprint density at radius 1 is 1.57 bits per heavy atom. The van der Waals surface area contributed by atoms with E-state index in [1.54, 1.807) is 0 Å². The van der Waals surface area contributed by atoms with Crippen molar-refractivity contribution in [2.24, 2.45) is 5.92 Å². The molecule has 84 valence electrons. The van der Waals surface area contributed by atoms with E-state index in [1.807, 2.05) is 0 Å². The molecule has 1 heterocycles. The molecule has 2 atom stereocenters. The number of nitrogens with zero attached hydrogens (tertiary/aromatic N) is 1. The van der Waals surface area contributed by atoms with Gasteiger partial charge in [-0.3, -0.25) is 0 Å². The van der Waals surface area contributed by atoms with Gasteiger partial charge < -0.3 is 9.64 Å². The van der Waals surface area contributed by atoms with E-state index < -0.39 is 0 Å². The van der Waals surface area contributed by atoms with E-state index in [2.05, 4.69) is 31.4 Å². The SMILES string of the molecule is CCC(CS)CN1CCCOC(C)C1. The third-order valence-corrected chi connectivity index (χ3v) is 3.40. The van der Waals surface area contributed by atoms with E-state index >= 15 is 0 Å². The Morgan fingerprint density at radius 2 is 2.36 bits per heavy atom. The van der Waals surface area contributed by atoms with Crippen LogP contribution >= 0.6 is 12.6 Å². The van der Waals surface area contributed by atoms with E-state index in [1.165, 1.54) is 25.9 Å². The van der Waals surface area contributed by atoms with Crippen molar-refractivity contribution in [1.29, 1.82) is 0 Å². The summed E-state index contributed by atoms with van der Waals surface area (Å²) in [5.41, 5.74) is 0. The lowest BCUT2D eigenvalue weighted by molar-refractivity contribution is 0.0659. The van der Waals surface area contributed by atoms with Crippen LogP contribution in [0.25, 0.3) is 0 Å². The molecule has 1 fully saturated rings. The first-order valence-electron chi connectivity index (χ1n) is 5.71. The zero-order chi connectivity index (χ0) is 10.4. The van der Waals surface area contributed by atoms with Crippen LogP contribution in [0.15, 0.2) is 0 Å². The van der Waals surface area contributed by atoms with Crippen molar-refractivity contribution in [3.8, 4) is 0 Å². The molecular weight excluding hydrogens is 194 g/mol. The molecule has 1 aliphatic heterocycles. The molecule has 2 unspecified atom stereocenters. The summed E-state index contributed by atoms with van der Waals surface area (Å²) in [5, 5.41) is 0. The molecule has 3 heteroatoms. The predicted octanol–water partition coefficient (Wildman–Crippen LogP) is 2.05. The highest BCUT2D eigenvalue weighted by Crippen LogP contribution is 2.11. The molecule has 0 aromatic carbocycles. The van der Waals surface area contributed by atoms with Crippen LogP contribution in [-0.4, -0.2) is 43.0 Å². The molecule has 0 aromatic heterocycles. The number of rotatable bonds is 4. The average Bonchev–Trinajstić information content (AvgIpc) is 2.39. The Hall–Kier alpha value is 0.270. The van der Waals surface area contributed by atoms with Crippen LogP contribution in [0.5, 0.6) is 0 Å². The predicted molar refractivity (Wildman–Crippen MR) is 64.1 cm³/mol. The lowest BCUT2D eigenvalue weighted by atomic mass is 10.1. The fourth-order valence-corrected chi connectivity index (χ4v) is 2.30. The van der Waals surface area contributed by atoms with Crippen molar-refractivity contribution in [3.63, 3.8) is 0 Å². The molecule has 1 rings (SSSR count). The number of hydrogen-bond acceptors (Lipinski definition) is 3. The van der Waals surface area contributed by atoms with Gasteiger partial charge in [0.15, 0.2) is 0 Å². The maximum atomic E-state index is 5.62. The van der Waals surface area contributed by atoms with E-state index in [0.29, 0.717) is 6.10 Å². The fraction of sp³-hybridized carbons (Fsp3) is 1.00. The highest BCUT2D eigenvalue weighted by Gasteiger charge is 2.17. The first-order valence-corrected chi connectivity index (χ1v) is 6.34. The molecule has 0 N–H and O–H groups in total. The maximum Gasteiger partial charge on any atom is 0.0673 e. The summed E-state index contributed by atoms with van der Waals surface area (Å²) in [6.45, 7) is 8.81. The van der Waals surface area contributed by atoms with Gasteiger partial charge >= 0.3 is 0 Å². The van der Waals surface area contributed by atoms with Crippen LogP contribution in [0.1, 0.15) is 26.7 Å². The number of hydrogen-bond donors (Lipinski definition) is 1. The van der Waals surface area contributed by atoms with Crippen molar-refractivity contribution in [2.45, 2.75) is 32.8 Å². The van der Waals surface area contributed by atoms with E-state index in [0.717, 1.165) is 24.8 Å². The van der Waals surface area contributed by atoms with Crippen LogP contribution in [0, 0.1) is 5.92 Å². The lowest BCUT2D eigenvalue weighted by Crippen LogP contribution is -2.34. The van der Waals surface area contributed by atoms with Gasteiger partial charge in [-0.05, 0) is 25.0 Å². The Morgan fingerprint density at radius 3 is 3.00 bits per heavy atom. The van der Waals surface area contributed by atoms with Crippen LogP contribution in [0.2, 0.25) is 0 Å². The van der Waals surface area contributed by atoms with Gasteiger partial charge in [0.25, 0.3) is 0 Å². The van der Waals surface area contributed by atoms with Crippen molar-refractivity contribution in [2.75, 3.05) is 32.0 Å². The average molecular weight is 217 g/mol. The van der Waals surface area contributed by atoms with Gasteiger partial charge in [0, 0.05) is 26.2 Å². The van der Waals surface area contributed by atoms with Crippen molar-refractivity contribution < 1.29 is 4.74 Å². The summed E-state index contributed by atoms with van der Waals surface area (Å²) in [5.74, 6) is 1.74. The largest absolute Gasteiger partial charge is 0.377 e. The molecule has 14 heavy (non-hydrogen) atoms. The van der Waals surface area contributed by atoms with E-state index in [9.17, 15) is 0 Å². The van der Waals surface area contributed by atoms with Crippen molar-refractivity contribution >= 4 is 12.6 Å². The molecule has 2 nitrogen and oxygen atoms in total. The zero-order valence-electron chi connectivity index (χ0n) is 9.41. The zero-order valence-corrected chi connectivity index (χ0v) is 10.3. The molecular formula is C11H23NOS. The molecule has 1 aliphatic rings. The van der Waals surface area contributed by atoms with Gasteiger partial charge in [-0.15, -0.1) is 0 Å². The summed E-state index contributed by atoms with van der Waals surface area (Å²) >= 11 is 4.39. The summed E-state index contributed by atoms with van der Waals surface area (Å²) in [7, 11) is 0. The fourth-order valence-electron chi connectivity index (χ4n) is 1.93. The standard InChI is InChI=1S/C11H23NOS/c1-3-11(9-14)8-12-5-4-6-13-10(2)7-12/h10-11,14H,3-9H2,1-2H3. The van der Waals surface area contributed by atoms with Crippen molar-refractivity contribution in [1.82, 2.24) is 4.90 Å². The minimum atomic E-state index is 0.398. The molecule has 0 radical (unpaired) electrons. The minimum absolute atomic E-state index is 0.398. The smallest absolute Gasteiger partial charge is 0.0673 e. The second kappa shape index (κ2) is 6.70. The highest BCUT2D eigenvalue weighted by molar-refractivity contribution is 7.80. The van der Waals surface area contributed by atoms with E-state index in [4.69, 9.17) is 4.74 Å². The third kappa shape index (κ3) is 4.20. The second-order valence-corrected chi connectivity index (χ2v) is 4.62. The highest BCUT2D eigenvalue weighted by atomic mass is 32.1. The second-order valence-electron chi connectivity index (χ2n) is 4.25. The Labute approximate surface area is 93.4 Å². The molecule has 0 aliphatic carbocycles. The topological polar surface area (TPSA) is 12.5 Å². The van der Waals surface area contributed by atoms with Gasteiger partial charge in [0.2, 0.25) is 0 Å². The minimum Gasteiger partial charge on any atom is -0.377 e. The summed E-state index contributed by atoms with van der Waals surface area (Å²) in [6.07, 6.45) is 2.80. The first kappa shape index (κ1) is 12.3. The van der Waals surface area contributed by atoms with Gasteiger partial charge in [-0.2, -0.15) is 12.6 Å². The monoisotopic (exact) mass is 217 g/mol. The maximum absolute atomic E-state index is 5.62. The quantitative estimate of drug-likeness (QED) is 0.724. The molecule has 0 aromatic rings. The Balaban J connectivity index is 2.33. The van der Waals surface area contributed by atoms with Crippen molar-refractivity contribution in [3.05, 3.63) is 0 Å². The normalized spacial score (nSPS) is 27.2. The van der Waals surface area contributed by atoms with Crippen LogP contribution < -0.4 is 0 Å². The molecule has 1 saturated heterocycles. The molecule has 0 saturated carbocycles. The first-order chi connectivity index (χ1) is 6.76. The summed E-state index contributed by atoms with van der Waals surface area (Å²) in [4.78, 5) is 2.53. The van der Waals surface area contributed by atoms with Gasteiger partial charge in [0.05, 0.1) is 6.10 Å². The van der Waals surface area contributed by atoms with Gasteiger partial charge in [-0.25, -0.2) is 0 Å². The van der Waals surface area contributed by atoms with Gasteiger partial charge in [-0.1, -0.05) is 13.3 Å². The Kier molecular flexibility index (Phi) is 5.90. The van der Waals surface area contributed by atoms with Gasteiger partial charge in [0.1, 0.15) is 0 Å². The number of thiol groups is 1. The number of ether oxygens (including phenoxy) is 1. The molecule has 0 amide bonds. The molecule has 0 bridgehead atoms. The van der Waals surface area contributed by atoms with Crippen LogP contribution in [0.3, 0.4) is 0 Å². The molecule has 0 spiro atoms. The lowest BCUT2D eigenvalue weighted by Gasteiger charge is -2.25. The van der Waals surface area contributed by atoms with E-state index in [-0.39, 0.29) is 0 Å².